The zero-order valence-electron chi connectivity index (χ0n) is 20.4. The average Bonchev–Trinajstić information content (AvgIpc) is 2.87. The fourth-order valence-corrected chi connectivity index (χ4v) is 5.55. The van der Waals surface area contributed by atoms with Crippen LogP contribution in [0.5, 0.6) is 0 Å². The van der Waals surface area contributed by atoms with E-state index in [2.05, 4.69) is 21.2 Å². The fraction of sp³-hybridized carbons (Fsp3) is 0.231. The van der Waals surface area contributed by atoms with Crippen molar-refractivity contribution >= 4 is 66.7 Å². The van der Waals surface area contributed by atoms with E-state index in [1.54, 1.807) is 19.1 Å². The average molecular weight is 627 g/mol. The molecule has 0 fully saturated rings. The summed E-state index contributed by atoms with van der Waals surface area (Å²) in [6, 6.07) is 17.1. The van der Waals surface area contributed by atoms with E-state index in [0.717, 1.165) is 19.9 Å². The molecule has 0 unspecified atom stereocenters. The van der Waals surface area contributed by atoms with Crippen molar-refractivity contribution < 1.29 is 18.0 Å². The van der Waals surface area contributed by atoms with Crippen LogP contribution >= 0.6 is 39.1 Å². The van der Waals surface area contributed by atoms with E-state index in [4.69, 9.17) is 23.2 Å². The maximum atomic E-state index is 13.7. The molecule has 2 amide bonds. The predicted octanol–water partition coefficient (Wildman–Crippen LogP) is 5.42. The van der Waals surface area contributed by atoms with Crippen LogP contribution < -0.4 is 9.62 Å². The predicted molar refractivity (Wildman–Crippen MR) is 150 cm³/mol. The molecule has 196 valence electrons. The highest BCUT2D eigenvalue weighted by Gasteiger charge is 2.32. The first-order chi connectivity index (χ1) is 17.4. The molecule has 0 spiro atoms. The maximum Gasteiger partial charge on any atom is 0.264 e. The first-order valence-corrected chi connectivity index (χ1v) is 14.2. The summed E-state index contributed by atoms with van der Waals surface area (Å²) in [6.45, 7) is 2.97. The minimum atomic E-state index is -4.18. The second-order valence-electron chi connectivity index (χ2n) is 8.36. The Morgan fingerprint density at radius 2 is 1.59 bits per heavy atom. The van der Waals surface area contributed by atoms with Gasteiger partial charge in [-0.05, 0) is 61.9 Å². The molecule has 3 rings (SSSR count). The molecule has 0 saturated carbocycles. The van der Waals surface area contributed by atoms with Crippen LogP contribution in [0, 0.1) is 6.92 Å². The van der Waals surface area contributed by atoms with Crippen molar-refractivity contribution in [1.29, 1.82) is 0 Å². The van der Waals surface area contributed by atoms with Gasteiger partial charge >= 0.3 is 0 Å². The molecule has 7 nitrogen and oxygen atoms in total. The Bertz CT molecular complexity index is 1380. The number of anilines is 1. The van der Waals surface area contributed by atoms with Gasteiger partial charge in [0.05, 0.1) is 20.6 Å². The lowest BCUT2D eigenvalue weighted by Crippen LogP contribution is -2.50. The number of hydrogen-bond donors (Lipinski definition) is 1. The van der Waals surface area contributed by atoms with Crippen molar-refractivity contribution in [3.63, 3.8) is 0 Å². The van der Waals surface area contributed by atoms with E-state index < -0.39 is 28.5 Å². The van der Waals surface area contributed by atoms with Crippen LogP contribution in [0.15, 0.2) is 76.1 Å². The molecule has 0 aliphatic rings. The van der Waals surface area contributed by atoms with Gasteiger partial charge in [-0.1, -0.05) is 69.0 Å². The van der Waals surface area contributed by atoms with Crippen molar-refractivity contribution in [2.45, 2.75) is 31.3 Å². The summed E-state index contributed by atoms with van der Waals surface area (Å²) in [5, 5.41) is 2.94. The van der Waals surface area contributed by atoms with Crippen molar-refractivity contribution in [3.05, 3.63) is 92.4 Å². The van der Waals surface area contributed by atoms with Crippen LogP contribution in [0.2, 0.25) is 10.0 Å². The molecular formula is C26H26BrCl2N3O4S. The highest BCUT2D eigenvalue weighted by molar-refractivity contribution is 9.10. The molecule has 0 aromatic heterocycles. The molecule has 37 heavy (non-hydrogen) atoms. The SMILES string of the molecule is CNC(=O)[C@H](C)N(Cc1ccc(Br)cc1)C(=O)CN(c1ccc(Cl)c(Cl)c1)S(=O)(=O)c1ccc(C)cc1. The van der Waals surface area contributed by atoms with Crippen LogP contribution in [0.25, 0.3) is 0 Å². The van der Waals surface area contributed by atoms with E-state index in [9.17, 15) is 18.0 Å². The Kier molecular flexibility index (Phi) is 9.63. The lowest BCUT2D eigenvalue weighted by Gasteiger charge is -2.32. The van der Waals surface area contributed by atoms with E-state index in [-0.39, 0.29) is 33.1 Å². The van der Waals surface area contributed by atoms with Gasteiger partial charge in [0.1, 0.15) is 12.6 Å². The number of sulfonamides is 1. The highest BCUT2D eigenvalue weighted by Crippen LogP contribution is 2.31. The van der Waals surface area contributed by atoms with E-state index in [1.807, 2.05) is 31.2 Å². The molecule has 0 saturated heterocycles. The molecule has 3 aromatic rings. The Morgan fingerprint density at radius 3 is 2.16 bits per heavy atom. The van der Waals surface area contributed by atoms with Gasteiger partial charge < -0.3 is 10.2 Å². The molecule has 0 aliphatic carbocycles. The minimum Gasteiger partial charge on any atom is -0.357 e. The van der Waals surface area contributed by atoms with Crippen LogP contribution in [0.3, 0.4) is 0 Å². The maximum absolute atomic E-state index is 13.7. The van der Waals surface area contributed by atoms with E-state index in [1.165, 1.54) is 42.3 Å². The summed E-state index contributed by atoms with van der Waals surface area (Å²) in [4.78, 5) is 27.6. The van der Waals surface area contributed by atoms with E-state index in [0.29, 0.717) is 0 Å². The first kappa shape index (κ1) is 29.0. The third-order valence-corrected chi connectivity index (χ3v) is 8.81. The normalized spacial score (nSPS) is 12.1. The van der Waals surface area contributed by atoms with Crippen molar-refractivity contribution in [2.75, 3.05) is 17.9 Å². The van der Waals surface area contributed by atoms with Crippen molar-refractivity contribution in [3.8, 4) is 0 Å². The number of carbonyl (C=O) groups excluding carboxylic acids is 2. The van der Waals surface area contributed by atoms with Gasteiger partial charge in [0, 0.05) is 18.1 Å². The largest absolute Gasteiger partial charge is 0.357 e. The molecule has 0 heterocycles. The zero-order valence-corrected chi connectivity index (χ0v) is 24.3. The monoisotopic (exact) mass is 625 g/mol. The standard InChI is InChI=1S/C26H26BrCl2N3O4S/c1-17-4-11-22(12-5-17)37(35,36)32(21-10-13-23(28)24(29)14-21)16-25(33)31(18(2)26(34)30-3)15-19-6-8-20(27)9-7-19/h4-14,18H,15-16H2,1-3H3,(H,30,34)/t18-/m0/s1. The second-order valence-corrected chi connectivity index (χ2v) is 12.0. The number of amides is 2. The molecule has 0 radical (unpaired) electrons. The Hall–Kier alpha value is -2.59. The van der Waals surface area contributed by atoms with E-state index >= 15 is 0 Å². The number of carbonyl (C=O) groups is 2. The van der Waals surface area contributed by atoms with Crippen LogP contribution in [0.1, 0.15) is 18.1 Å². The van der Waals surface area contributed by atoms with Crippen LogP contribution in [0.4, 0.5) is 5.69 Å². The van der Waals surface area contributed by atoms with Gasteiger partial charge in [-0.2, -0.15) is 0 Å². The number of likely N-dealkylation sites (N-methyl/N-ethyl adjacent to an activating group) is 1. The number of hydrogen-bond acceptors (Lipinski definition) is 4. The Balaban J connectivity index is 2.05. The molecule has 1 N–H and O–H groups in total. The smallest absolute Gasteiger partial charge is 0.264 e. The number of nitrogens with zero attached hydrogens (tertiary/aromatic N) is 2. The molecule has 0 aliphatic heterocycles. The number of rotatable bonds is 9. The Morgan fingerprint density at radius 1 is 0.973 bits per heavy atom. The quantitative estimate of drug-likeness (QED) is 0.344. The van der Waals surface area contributed by atoms with Crippen molar-refractivity contribution in [1.82, 2.24) is 10.2 Å². The third kappa shape index (κ3) is 7.04. The topological polar surface area (TPSA) is 86.8 Å². The van der Waals surface area contributed by atoms with Gasteiger partial charge in [-0.3, -0.25) is 13.9 Å². The summed E-state index contributed by atoms with van der Waals surface area (Å²) in [5.41, 5.74) is 1.82. The van der Waals surface area contributed by atoms with Gasteiger partial charge in [-0.15, -0.1) is 0 Å². The summed E-state index contributed by atoms with van der Waals surface area (Å²) in [7, 11) is -2.70. The molecule has 3 aromatic carbocycles. The Labute approximate surface area is 235 Å². The molecule has 11 heteroatoms. The number of nitrogens with one attached hydrogen (secondary N) is 1. The number of aryl methyl sites for hydroxylation is 1. The summed E-state index contributed by atoms with van der Waals surface area (Å²) < 4.78 is 29.3. The summed E-state index contributed by atoms with van der Waals surface area (Å²) in [6.07, 6.45) is 0. The van der Waals surface area contributed by atoms with Gasteiger partial charge in [-0.25, -0.2) is 8.42 Å². The number of halogens is 3. The third-order valence-electron chi connectivity index (χ3n) is 5.76. The second kappa shape index (κ2) is 12.3. The summed E-state index contributed by atoms with van der Waals surface area (Å²) in [5.74, 6) is -0.950. The molecule has 1 atom stereocenters. The van der Waals surface area contributed by atoms with Gasteiger partial charge in [0.15, 0.2) is 0 Å². The van der Waals surface area contributed by atoms with Crippen LogP contribution in [-0.4, -0.2) is 44.8 Å². The first-order valence-electron chi connectivity index (χ1n) is 11.2. The zero-order chi connectivity index (χ0) is 27.3. The highest BCUT2D eigenvalue weighted by atomic mass is 79.9. The minimum absolute atomic E-state index is 0.00998. The lowest BCUT2D eigenvalue weighted by molar-refractivity contribution is -0.139. The van der Waals surface area contributed by atoms with Gasteiger partial charge in [0.2, 0.25) is 11.8 Å². The lowest BCUT2D eigenvalue weighted by atomic mass is 10.1. The fourth-order valence-electron chi connectivity index (χ4n) is 3.58. The van der Waals surface area contributed by atoms with Gasteiger partial charge in [0.25, 0.3) is 10.0 Å². The molecule has 0 bridgehead atoms. The molecular weight excluding hydrogens is 601 g/mol. The number of benzene rings is 3. The van der Waals surface area contributed by atoms with Crippen LogP contribution in [-0.2, 0) is 26.2 Å². The van der Waals surface area contributed by atoms with Crippen molar-refractivity contribution in [2.24, 2.45) is 0 Å². The summed E-state index contributed by atoms with van der Waals surface area (Å²) >= 11 is 15.6.